The zero-order chi connectivity index (χ0) is 18.1. The number of aromatic amines is 1. The Kier molecular flexibility index (Phi) is 3.99. The summed E-state index contributed by atoms with van der Waals surface area (Å²) in [5.74, 6) is 0.492. The molecule has 0 spiro atoms. The Hall–Kier alpha value is -3.44. The Morgan fingerprint density at radius 2 is 1.92 bits per heavy atom. The van der Waals surface area contributed by atoms with Crippen LogP contribution in [-0.4, -0.2) is 41.3 Å². The summed E-state index contributed by atoms with van der Waals surface area (Å²) in [5, 5.41) is 9.81. The molecule has 8 nitrogen and oxygen atoms in total. The van der Waals surface area contributed by atoms with Crippen LogP contribution in [0.25, 0.3) is 22.2 Å². The molecule has 8 heteroatoms. The van der Waals surface area contributed by atoms with E-state index in [1.165, 1.54) is 0 Å². The number of aromatic nitrogens is 3. The molecule has 130 valence electrons. The SMILES string of the molecule is N#Cc1c(N)nc2nc(N3CCOCC3)[nH]c(=O)c2c1-c1ccccc1. The van der Waals surface area contributed by atoms with E-state index in [0.717, 1.165) is 5.56 Å². The molecule has 1 fully saturated rings. The van der Waals surface area contributed by atoms with Crippen LogP contribution in [0, 0.1) is 11.3 Å². The van der Waals surface area contributed by atoms with Gasteiger partial charge in [0.1, 0.15) is 17.5 Å². The second-order valence-corrected chi connectivity index (χ2v) is 5.91. The number of H-pyrrole nitrogens is 1. The largest absolute Gasteiger partial charge is 0.383 e. The van der Waals surface area contributed by atoms with Gasteiger partial charge in [0.25, 0.3) is 5.56 Å². The van der Waals surface area contributed by atoms with Gasteiger partial charge in [-0.2, -0.15) is 10.2 Å². The van der Waals surface area contributed by atoms with E-state index in [9.17, 15) is 10.1 Å². The van der Waals surface area contributed by atoms with Crippen molar-refractivity contribution in [1.82, 2.24) is 15.0 Å². The van der Waals surface area contributed by atoms with Crippen molar-refractivity contribution in [2.45, 2.75) is 0 Å². The zero-order valence-corrected chi connectivity index (χ0v) is 13.9. The Balaban J connectivity index is 2.00. The smallest absolute Gasteiger partial charge is 0.262 e. The third-order valence-electron chi connectivity index (χ3n) is 4.36. The van der Waals surface area contributed by atoms with Gasteiger partial charge in [0.05, 0.1) is 18.6 Å². The number of ether oxygens (including phenoxy) is 1. The quantitative estimate of drug-likeness (QED) is 0.715. The lowest BCUT2D eigenvalue weighted by Crippen LogP contribution is -2.38. The van der Waals surface area contributed by atoms with E-state index >= 15 is 0 Å². The summed E-state index contributed by atoms with van der Waals surface area (Å²) in [5.41, 5.74) is 7.22. The van der Waals surface area contributed by atoms with Gasteiger partial charge in [0, 0.05) is 18.7 Å². The molecule has 26 heavy (non-hydrogen) atoms. The van der Waals surface area contributed by atoms with Crippen LogP contribution in [-0.2, 0) is 4.74 Å². The van der Waals surface area contributed by atoms with E-state index in [-0.39, 0.29) is 28.0 Å². The normalized spacial score (nSPS) is 14.3. The first-order valence-electron chi connectivity index (χ1n) is 8.20. The number of pyridine rings is 1. The van der Waals surface area contributed by atoms with E-state index in [2.05, 4.69) is 21.0 Å². The molecular formula is C18H16N6O2. The molecule has 1 saturated heterocycles. The van der Waals surface area contributed by atoms with Crippen LogP contribution in [0.1, 0.15) is 5.56 Å². The maximum atomic E-state index is 12.9. The number of morpholine rings is 1. The number of benzene rings is 1. The lowest BCUT2D eigenvalue weighted by Gasteiger charge is -2.27. The molecule has 0 radical (unpaired) electrons. The molecule has 3 N–H and O–H groups in total. The standard InChI is InChI=1S/C18H16N6O2/c19-10-12-13(11-4-2-1-3-5-11)14-16(21-15(12)20)22-18(23-17(14)25)24-6-8-26-9-7-24/h1-5H,6-9H2,(H3,20,21,22,23,25). The number of nitriles is 1. The van der Waals surface area contributed by atoms with Crippen molar-refractivity contribution in [3.63, 3.8) is 0 Å². The molecule has 3 heterocycles. The number of nitrogens with zero attached hydrogens (tertiary/aromatic N) is 4. The van der Waals surface area contributed by atoms with E-state index < -0.39 is 0 Å². The fraction of sp³-hybridized carbons (Fsp3) is 0.222. The van der Waals surface area contributed by atoms with Crippen molar-refractivity contribution >= 4 is 22.8 Å². The number of nitrogens with one attached hydrogen (secondary N) is 1. The lowest BCUT2D eigenvalue weighted by atomic mass is 9.98. The maximum absolute atomic E-state index is 12.9. The van der Waals surface area contributed by atoms with Gasteiger partial charge in [-0.1, -0.05) is 30.3 Å². The highest BCUT2D eigenvalue weighted by atomic mass is 16.5. The van der Waals surface area contributed by atoms with E-state index in [1.54, 1.807) is 0 Å². The Morgan fingerprint density at radius 3 is 2.62 bits per heavy atom. The molecule has 2 aromatic heterocycles. The van der Waals surface area contributed by atoms with E-state index in [0.29, 0.717) is 37.8 Å². The lowest BCUT2D eigenvalue weighted by molar-refractivity contribution is 0.122. The number of hydrogen-bond acceptors (Lipinski definition) is 7. The monoisotopic (exact) mass is 348 g/mol. The minimum Gasteiger partial charge on any atom is -0.383 e. The van der Waals surface area contributed by atoms with Crippen LogP contribution in [0.15, 0.2) is 35.1 Å². The topological polar surface area (TPSA) is 121 Å². The number of hydrogen-bond donors (Lipinski definition) is 2. The first-order valence-corrected chi connectivity index (χ1v) is 8.20. The summed E-state index contributed by atoms with van der Waals surface area (Å²) in [6.07, 6.45) is 0. The number of anilines is 2. The predicted octanol–water partition coefficient (Wildman–Crippen LogP) is 1.28. The van der Waals surface area contributed by atoms with Gasteiger partial charge in [0.2, 0.25) is 5.95 Å². The van der Waals surface area contributed by atoms with Crippen molar-refractivity contribution in [2.24, 2.45) is 0 Å². The highest BCUT2D eigenvalue weighted by Crippen LogP contribution is 2.31. The first-order chi connectivity index (χ1) is 12.7. The fourth-order valence-electron chi connectivity index (χ4n) is 3.11. The summed E-state index contributed by atoms with van der Waals surface area (Å²) < 4.78 is 5.33. The summed E-state index contributed by atoms with van der Waals surface area (Å²) in [6.45, 7) is 2.40. The van der Waals surface area contributed by atoms with Crippen LogP contribution in [0.4, 0.5) is 11.8 Å². The van der Waals surface area contributed by atoms with Crippen molar-refractivity contribution in [2.75, 3.05) is 36.9 Å². The van der Waals surface area contributed by atoms with Crippen LogP contribution in [0.3, 0.4) is 0 Å². The van der Waals surface area contributed by atoms with Crippen molar-refractivity contribution in [3.8, 4) is 17.2 Å². The molecule has 0 bridgehead atoms. The molecule has 0 unspecified atom stereocenters. The first kappa shape index (κ1) is 16.1. The number of rotatable bonds is 2. The van der Waals surface area contributed by atoms with Gasteiger partial charge in [-0.05, 0) is 5.56 Å². The molecule has 0 amide bonds. The molecule has 0 saturated carbocycles. The second-order valence-electron chi connectivity index (χ2n) is 5.91. The molecule has 0 atom stereocenters. The van der Waals surface area contributed by atoms with Crippen LogP contribution >= 0.6 is 0 Å². The summed E-state index contributed by atoms with van der Waals surface area (Å²) in [4.78, 5) is 26.3. The highest BCUT2D eigenvalue weighted by Gasteiger charge is 2.21. The van der Waals surface area contributed by atoms with Gasteiger partial charge in [0.15, 0.2) is 5.65 Å². The van der Waals surface area contributed by atoms with Gasteiger partial charge >= 0.3 is 0 Å². The second kappa shape index (κ2) is 6.46. The summed E-state index contributed by atoms with van der Waals surface area (Å²) in [7, 11) is 0. The highest BCUT2D eigenvalue weighted by molar-refractivity contribution is 5.97. The van der Waals surface area contributed by atoms with Crippen LogP contribution in [0.2, 0.25) is 0 Å². The third-order valence-corrected chi connectivity index (χ3v) is 4.36. The Labute approximate surface area is 148 Å². The van der Waals surface area contributed by atoms with Gasteiger partial charge in [-0.3, -0.25) is 9.78 Å². The van der Waals surface area contributed by atoms with E-state index in [1.807, 2.05) is 35.2 Å². The minimum absolute atomic E-state index is 0.0601. The molecular weight excluding hydrogens is 332 g/mol. The molecule has 3 aromatic rings. The zero-order valence-electron chi connectivity index (χ0n) is 13.9. The average Bonchev–Trinajstić information content (AvgIpc) is 2.68. The van der Waals surface area contributed by atoms with Crippen molar-refractivity contribution < 1.29 is 4.74 Å². The number of nitrogen functional groups attached to an aromatic ring is 1. The molecule has 4 rings (SSSR count). The fourth-order valence-corrected chi connectivity index (χ4v) is 3.11. The minimum atomic E-state index is -0.348. The van der Waals surface area contributed by atoms with Gasteiger partial charge in [-0.15, -0.1) is 0 Å². The molecule has 0 aliphatic carbocycles. The number of nitrogens with two attached hydrogens (primary N) is 1. The summed E-state index contributed by atoms with van der Waals surface area (Å²) >= 11 is 0. The van der Waals surface area contributed by atoms with Crippen molar-refractivity contribution in [1.29, 1.82) is 5.26 Å². The number of fused-ring (bicyclic) bond motifs is 1. The third kappa shape index (κ3) is 2.64. The molecule has 1 aliphatic heterocycles. The maximum Gasteiger partial charge on any atom is 0.262 e. The van der Waals surface area contributed by atoms with Gasteiger partial charge in [-0.25, -0.2) is 4.98 Å². The molecule has 1 aliphatic rings. The van der Waals surface area contributed by atoms with Gasteiger partial charge < -0.3 is 15.4 Å². The molecule has 1 aromatic carbocycles. The predicted molar refractivity (Wildman–Crippen MR) is 97.8 cm³/mol. The Bertz CT molecular complexity index is 1060. The summed E-state index contributed by atoms with van der Waals surface area (Å²) in [6, 6.07) is 11.2. The van der Waals surface area contributed by atoms with E-state index in [4.69, 9.17) is 10.5 Å². The average molecular weight is 348 g/mol. The van der Waals surface area contributed by atoms with Crippen LogP contribution in [0.5, 0.6) is 0 Å². The van der Waals surface area contributed by atoms with Crippen LogP contribution < -0.4 is 16.2 Å². The Morgan fingerprint density at radius 1 is 1.19 bits per heavy atom. The van der Waals surface area contributed by atoms with Crippen molar-refractivity contribution in [3.05, 3.63) is 46.2 Å².